The number of nitrogens with zero attached hydrogens (tertiary/aromatic N) is 2. The van der Waals surface area contributed by atoms with Crippen molar-refractivity contribution in [2.75, 3.05) is 26.2 Å². The molecule has 0 fully saturated rings. The Hall–Kier alpha value is 0.452. The molecule has 0 saturated carbocycles. The van der Waals surface area contributed by atoms with Crippen molar-refractivity contribution in [1.82, 2.24) is 0 Å². The van der Waals surface area contributed by atoms with E-state index in [1.807, 2.05) is 27.7 Å². The number of rotatable bonds is 4. The van der Waals surface area contributed by atoms with Crippen LogP contribution in [0.25, 0.3) is 10.6 Å². The van der Waals surface area contributed by atoms with E-state index in [9.17, 15) is 0 Å². The predicted molar refractivity (Wildman–Crippen MR) is 65.1 cm³/mol. The molecule has 13 heavy (non-hydrogen) atoms. The summed E-state index contributed by atoms with van der Waals surface area (Å²) in [6.07, 6.45) is 0. The Kier molecular flexibility index (Phi) is 43.2. The first kappa shape index (κ1) is 19.1. The van der Waals surface area contributed by atoms with Gasteiger partial charge in [-0.3, -0.25) is 0 Å². The van der Waals surface area contributed by atoms with Crippen LogP contribution in [-0.2, 0) is 0 Å². The van der Waals surface area contributed by atoms with E-state index in [-0.39, 0.29) is 0 Å². The normalized spacial score (nSPS) is 7.92. The molecular formula is C10H25AlN2. The second-order valence-corrected chi connectivity index (χ2v) is 2.94. The van der Waals surface area contributed by atoms with Crippen molar-refractivity contribution in [3.8, 4) is 0 Å². The SMILES string of the molecule is CC[N-]CC.CC[N-]CC.C[CH2][Al+2]. The van der Waals surface area contributed by atoms with Crippen LogP contribution >= 0.6 is 0 Å². The zero-order valence-electron chi connectivity index (χ0n) is 10.0. The van der Waals surface area contributed by atoms with Gasteiger partial charge in [-0.1, -0.05) is 27.7 Å². The maximum absolute atomic E-state index is 3.97. The van der Waals surface area contributed by atoms with Crippen LogP contribution in [0.4, 0.5) is 0 Å². The summed E-state index contributed by atoms with van der Waals surface area (Å²) < 4.78 is 0. The number of hydrogen-bond donors (Lipinski definition) is 0. The third-order valence-electron chi connectivity index (χ3n) is 0.894. The van der Waals surface area contributed by atoms with Crippen LogP contribution in [0.15, 0.2) is 0 Å². The van der Waals surface area contributed by atoms with Gasteiger partial charge in [-0.2, -0.15) is 26.2 Å². The summed E-state index contributed by atoms with van der Waals surface area (Å²) in [4.78, 5) is 0. The molecule has 0 aliphatic heterocycles. The third kappa shape index (κ3) is 68.6. The third-order valence-corrected chi connectivity index (χ3v) is 0.894. The fourth-order valence-electron chi connectivity index (χ4n) is 0.447. The van der Waals surface area contributed by atoms with E-state index in [1.54, 1.807) is 0 Å². The molecule has 0 atom stereocenters. The van der Waals surface area contributed by atoms with Gasteiger partial charge >= 0.3 is 28.5 Å². The van der Waals surface area contributed by atoms with Gasteiger partial charge in [0.25, 0.3) is 0 Å². The minimum absolute atomic E-state index is 0.969. The van der Waals surface area contributed by atoms with Gasteiger partial charge in [0, 0.05) is 0 Å². The Balaban J connectivity index is -0.000000120. The molecule has 0 aromatic rings. The molecule has 0 aliphatic rings. The van der Waals surface area contributed by atoms with Crippen molar-refractivity contribution in [2.24, 2.45) is 0 Å². The summed E-state index contributed by atoms with van der Waals surface area (Å²) in [7, 11) is 0. The maximum atomic E-state index is 3.97. The Bertz CT molecular complexity index is 42.2. The van der Waals surface area contributed by atoms with Crippen LogP contribution < -0.4 is 0 Å². The molecule has 0 bridgehead atoms. The standard InChI is InChI=1S/2C4H10N.C2H5.Al/c2*1-3-5-4-2;1-2;/h2*3-4H2,1-2H3;1H2,2H3;/q2*-1;;+2. The average molecular weight is 200 g/mol. The van der Waals surface area contributed by atoms with E-state index < -0.39 is 0 Å². The zero-order valence-corrected chi connectivity index (χ0v) is 11.2. The predicted octanol–water partition coefficient (Wildman–Crippen LogP) is 3.39. The van der Waals surface area contributed by atoms with Crippen molar-refractivity contribution in [1.29, 1.82) is 0 Å². The summed E-state index contributed by atoms with van der Waals surface area (Å²) >= 11 is 2.58. The first-order chi connectivity index (χ1) is 6.24. The van der Waals surface area contributed by atoms with E-state index in [4.69, 9.17) is 0 Å². The minimum atomic E-state index is 0.969. The number of hydrogen-bond acceptors (Lipinski definition) is 0. The fraction of sp³-hybridized carbons (Fsp3) is 1.00. The summed E-state index contributed by atoms with van der Waals surface area (Å²) in [6.45, 7) is 14.1. The molecular weight excluding hydrogens is 175 g/mol. The van der Waals surface area contributed by atoms with E-state index in [0.717, 1.165) is 26.2 Å². The van der Waals surface area contributed by atoms with Crippen LogP contribution in [0, 0.1) is 0 Å². The van der Waals surface area contributed by atoms with Gasteiger partial charge in [0.1, 0.15) is 0 Å². The van der Waals surface area contributed by atoms with Gasteiger partial charge in [-0.05, 0) is 0 Å². The summed E-state index contributed by atoms with van der Waals surface area (Å²) in [5, 5.41) is 9.11. The quantitative estimate of drug-likeness (QED) is 0.622. The molecule has 0 radical (unpaired) electrons. The van der Waals surface area contributed by atoms with Gasteiger partial charge in [0.05, 0.1) is 0 Å². The van der Waals surface area contributed by atoms with E-state index in [0.29, 0.717) is 0 Å². The van der Waals surface area contributed by atoms with Crippen molar-refractivity contribution in [3.63, 3.8) is 0 Å². The topological polar surface area (TPSA) is 28.2 Å². The van der Waals surface area contributed by atoms with Crippen molar-refractivity contribution in [2.45, 2.75) is 39.9 Å². The Labute approximate surface area is 93.3 Å². The molecule has 0 unspecified atom stereocenters. The molecule has 3 heteroatoms. The Morgan fingerprint density at radius 2 is 0.846 bits per heavy atom. The first-order valence-electron chi connectivity index (χ1n) is 5.21. The molecule has 0 spiro atoms. The van der Waals surface area contributed by atoms with Crippen LogP contribution in [0.2, 0.25) is 5.28 Å². The molecule has 0 rings (SSSR count). The first-order valence-corrected chi connectivity index (χ1v) is 6.03. The molecule has 0 amide bonds. The van der Waals surface area contributed by atoms with E-state index in [1.165, 1.54) is 5.28 Å². The Morgan fingerprint density at radius 3 is 0.846 bits per heavy atom. The molecule has 0 aliphatic carbocycles. The summed E-state index contributed by atoms with van der Waals surface area (Å²) in [6, 6.07) is 0. The van der Waals surface area contributed by atoms with Gasteiger partial charge in [0.15, 0.2) is 0 Å². The van der Waals surface area contributed by atoms with E-state index >= 15 is 0 Å². The van der Waals surface area contributed by atoms with Crippen LogP contribution in [-0.4, -0.2) is 42.5 Å². The van der Waals surface area contributed by atoms with Gasteiger partial charge < -0.3 is 10.6 Å². The van der Waals surface area contributed by atoms with Gasteiger partial charge in [-0.15, -0.1) is 0 Å². The van der Waals surface area contributed by atoms with E-state index in [2.05, 4.69) is 33.8 Å². The van der Waals surface area contributed by atoms with Gasteiger partial charge in [-0.25, -0.2) is 0 Å². The molecule has 0 N–H and O–H groups in total. The second kappa shape index (κ2) is 29.4. The molecule has 0 heterocycles. The van der Waals surface area contributed by atoms with Crippen LogP contribution in [0.3, 0.4) is 0 Å². The van der Waals surface area contributed by atoms with Crippen LogP contribution in [0.1, 0.15) is 34.6 Å². The van der Waals surface area contributed by atoms with Gasteiger partial charge in [0.2, 0.25) is 0 Å². The molecule has 78 valence electrons. The summed E-state index contributed by atoms with van der Waals surface area (Å²) in [5.74, 6) is 0. The molecule has 0 aromatic carbocycles. The monoisotopic (exact) mass is 200 g/mol. The average Bonchev–Trinajstić information content (AvgIpc) is 2.09. The summed E-state index contributed by atoms with van der Waals surface area (Å²) in [5.41, 5.74) is 0. The van der Waals surface area contributed by atoms with Crippen molar-refractivity contribution < 1.29 is 0 Å². The molecule has 0 saturated heterocycles. The Morgan fingerprint density at radius 1 is 0.692 bits per heavy atom. The molecule has 0 aromatic heterocycles. The second-order valence-electron chi connectivity index (χ2n) is 2.12. The van der Waals surface area contributed by atoms with Crippen LogP contribution in [0.5, 0.6) is 0 Å². The van der Waals surface area contributed by atoms with Crippen molar-refractivity contribution in [3.05, 3.63) is 10.6 Å². The molecule has 2 nitrogen and oxygen atoms in total. The zero-order chi connectivity index (χ0) is 10.9. The van der Waals surface area contributed by atoms with Crippen molar-refractivity contribution >= 4 is 16.3 Å². The fourth-order valence-corrected chi connectivity index (χ4v) is 0.447.